The number of hydrogen-bond acceptors (Lipinski definition) is 5. The van der Waals surface area contributed by atoms with Crippen LogP contribution in [0.1, 0.15) is 0 Å². The fraction of sp³-hybridized carbons (Fsp3) is 0.100. The minimum atomic E-state index is -0.938. The molecule has 0 aliphatic rings. The Hall–Kier alpha value is -1.000. The van der Waals surface area contributed by atoms with Gasteiger partial charge in [-0.2, -0.15) is 0 Å². The second-order valence-corrected chi connectivity index (χ2v) is 6.05. The van der Waals surface area contributed by atoms with E-state index in [2.05, 4.69) is 32.8 Å². The SMILES string of the molecule is Nc1nnc(SCC(=O)O)n1-c1cc(I)ccc1Cl. The summed E-state index contributed by atoms with van der Waals surface area (Å²) in [4.78, 5) is 10.6. The average molecular weight is 411 g/mol. The first-order chi connectivity index (χ1) is 8.99. The van der Waals surface area contributed by atoms with Gasteiger partial charge in [-0.15, -0.1) is 10.2 Å². The number of rotatable bonds is 4. The highest BCUT2D eigenvalue weighted by molar-refractivity contribution is 14.1. The number of aliphatic carboxylic acids is 1. The molecule has 0 unspecified atom stereocenters. The molecule has 9 heteroatoms. The maximum atomic E-state index is 10.6. The summed E-state index contributed by atoms with van der Waals surface area (Å²) in [7, 11) is 0. The number of nitrogens with zero attached hydrogens (tertiary/aromatic N) is 3. The fourth-order valence-electron chi connectivity index (χ4n) is 1.38. The van der Waals surface area contributed by atoms with Crippen LogP contribution in [0.3, 0.4) is 0 Å². The summed E-state index contributed by atoms with van der Waals surface area (Å²) in [5, 5.41) is 17.2. The summed E-state index contributed by atoms with van der Waals surface area (Å²) < 4.78 is 2.51. The number of carboxylic acids is 1. The van der Waals surface area contributed by atoms with Crippen LogP contribution in [0.25, 0.3) is 5.69 Å². The molecule has 19 heavy (non-hydrogen) atoms. The number of halogens is 2. The van der Waals surface area contributed by atoms with Gasteiger partial charge < -0.3 is 10.8 Å². The number of carboxylic acid groups (broad SMARTS) is 1. The van der Waals surface area contributed by atoms with Crippen LogP contribution in [0.5, 0.6) is 0 Å². The maximum Gasteiger partial charge on any atom is 0.313 e. The Bertz CT molecular complexity index is 634. The standard InChI is InChI=1S/C10H8ClIN4O2S/c11-6-2-1-5(12)3-7(6)16-9(13)14-15-10(16)19-4-8(17)18/h1-3H,4H2,(H2,13,14)(H,17,18). The smallest absolute Gasteiger partial charge is 0.313 e. The molecule has 0 saturated heterocycles. The summed E-state index contributed by atoms with van der Waals surface area (Å²) in [6, 6.07) is 5.42. The Morgan fingerprint density at radius 2 is 2.26 bits per heavy atom. The Kier molecular flexibility index (Phi) is 4.53. The Morgan fingerprint density at radius 1 is 1.53 bits per heavy atom. The second-order valence-electron chi connectivity index (χ2n) is 3.45. The van der Waals surface area contributed by atoms with Gasteiger partial charge >= 0.3 is 5.97 Å². The van der Waals surface area contributed by atoms with Crippen molar-refractivity contribution in [3.8, 4) is 5.69 Å². The molecule has 0 atom stereocenters. The molecular formula is C10H8ClIN4O2S. The molecule has 1 heterocycles. The van der Waals surface area contributed by atoms with E-state index < -0.39 is 5.97 Å². The van der Waals surface area contributed by atoms with Crippen LogP contribution >= 0.6 is 46.0 Å². The van der Waals surface area contributed by atoms with Crippen LogP contribution in [0, 0.1) is 3.57 Å². The van der Waals surface area contributed by atoms with E-state index in [1.807, 2.05) is 12.1 Å². The van der Waals surface area contributed by atoms with E-state index in [9.17, 15) is 4.79 Å². The van der Waals surface area contributed by atoms with Crippen LogP contribution in [0.4, 0.5) is 5.95 Å². The molecule has 100 valence electrons. The van der Waals surface area contributed by atoms with Crippen LogP contribution in [-0.2, 0) is 4.79 Å². The maximum absolute atomic E-state index is 10.6. The van der Waals surface area contributed by atoms with Crippen molar-refractivity contribution < 1.29 is 9.90 Å². The third-order valence-corrected chi connectivity index (χ3v) is 4.04. The van der Waals surface area contributed by atoms with E-state index in [1.165, 1.54) is 4.57 Å². The van der Waals surface area contributed by atoms with Crippen molar-refractivity contribution in [1.82, 2.24) is 14.8 Å². The van der Waals surface area contributed by atoms with E-state index in [0.717, 1.165) is 15.3 Å². The molecule has 0 aliphatic heterocycles. The summed E-state index contributed by atoms with van der Waals surface area (Å²) in [5.74, 6) is -0.900. The van der Waals surface area contributed by atoms with Gasteiger partial charge in [0, 0.05) is 3.57 Å². The highest BCUT2D eigenvalue weighted by Crippen LogP contribution is 2.29. The topological polar surface area (TPSA) is 94.0 Å². The van der Waals surface area contributed by atoms with Gasteiger partial charge in [0.1, 0.15) is 0 Å². The first kappa shape index (κ1) is 14.4. The number of nitrogens with two attached hydrogens (primary N) is 1. The van der Waals surface area contributed by atoms with Crippen LogP contribution in [0.2, 0.25) is 5.02 Å². The van der Waals surface area contributed by atoms with Crippen molar-refractivity contribution in [3.05, 3.63) is 26.8 Å². The van der Waals surface area contributed by atoms with Crippen LogP contribution in [0.15, 0.2) is 23.4 Å². The lowest BCUT2D eigenvalue weighted by molar-refractivity contribution is -0.133. The first-order valence-corrected chi connectivity index (χ1v) is 7.44. The molecule has 0 spiro atoms. The van der Waals surface area contributed by atoms with Crippen LogP contribution in [-0.4, -0.2) is 31.6 Å². The quantitative estimate of drug-likeness (QED) is 0.593. The Morgan fingerprint density at radius 3 is 2.95 bits per heavy atom. The number of hydrogen-bond donors (Lipinski definition) is 2. The zero-order valence-corrected chi connectivity index (χ0v) is 13.1. The van der Waals surface area contributed by atoms with E-state index in [0.29, 0.717) is 15.9 Å². The lowest BCUT2D eigenvalue weighted by Crippen LogP contribution is -2.05. The molecular weight excluding hydrogens is 403 g/mol. The van der Waals surface area contributed by atoms with Crippen molar-refractivity contribution >= 4 is 57.9 Å². The van der Waals surface area contributed by atoms with Crippen molar-refractivity contribution in [1.29, 1.82) is 0 Å². The number of anilines is 1. The van der Waals surface area contributed by atoms with Gasteiger partial charge in [0.25, 0.3) is 0 Å². The minimum absolute atomic E-state index is 0.125. The number of thioether (sulfide) groups is 1. The molecule has 6 nitrogen and oxygen atoms in total. The molecule has 3 N–H and O–H groups in total. The highest BCUT2D eigenvalue weighted by atomic mass is 127. The summed E-state index contributed by atoms with van der Waals surface area (Å²) in [6.45, 7) is 0. The third kappa shape index (κ3) is 3.31. The van der Waals surface area contributed by atoms with Gasteiger partial charge in [0.05, 0.1) is 16.5 Å². The van der Waals surface area contributed by atoms with Crippen molar-refractivity contribution in [2.45, 2.75) is 5.16 Å². The van der Waals surface area contributed by atoms with E-state index in [4.69, 9.17) is 22.4 Å². The molecule has 0 aliphatic carbocycles. The second kappa shape index (κ2) is 5.97. The summed E-state index contributed by atoms with van der Waals surface area (Å²) in [6.07, 6.45) is 0. The van der Waals surface area contributed by atoms with Crippen molar-refractivity contribution in [2.75, 3.05) is 11.5 Å². The average Bonchev–Trinajstić information content (AvgIpc) is 2.71. The molecule has 2 rings (SSSR count). The lowest BCUT2D eigenvalue weighted by atomic mass is 10.3. The number of nitrogen functional groups attached to an aromatic ring is 1. The van der Waals surface area contributed by atoms with Gasteiger partial charge in [-0.05, 0) is 40.8 Å². The highest BCUT2D eigenvalue weighted by Gasteiger charge is 2.16. The number of benzene rings is 1. The minimum Gasteiger partial charge on any atom is -0.481 e. The molecule has 0 radical (unpaired) electrons. The predicted molar refractivity (Wildman–Crippen MR) is 81.9 cm³/mol. The molecule has 0 saturated carbocycles. The number of aromatic nitrogens is 3. The molecule has 2 aromatic rings. The normalized spacial score (nSPS) is 10.6. The van der Waals surface area contributed by atoms with Gasteiger partial charge in [0.15, 0.2) is 5.16 Å². The van der Waals surface area contributed by atoms with Gasteiger partial charge in [0.2, 0.25) is 5.95 Å². The molecule has 0 amide bonds. The zero-order valence-electron chi connectivity index (χ0n) is 9.38. The van der Waals surface area contributed by atoms with Gasteiger partial charge in [-0.25, -0.2) is 0 Å². The molecule has 0 bridgehead atoms. The van der Waals surface area contributed by atoms with Crippen LogP contribution < -0.4 is 5.73 Å². The number of carbonyl (C=O) groups is 1. The fourth-order valence-corrected chi connectivity index (χ4v) is 2.73. The summed E-state index contributed by atoms with van der Waals surface area (Å²) >= 11 is 9.32. The van der Waals surface area contributed by atoms with Gasteiger partial charge in [-0.3, -0.25) is 9.36 Å². The Labute approximate surface area is 131 Å². The predicted octanol–water partition coefficient (Wildman–Crippen LogP) is 2.28. The zero-order chi connectivity index (χ0) is 14.0. The lowest BCUT2D eigenvalue weighted by Gasteiger charge is -2.09. The van der Waals surface area contributed by atoms with E-state index in [-0.39, 0.29) is 11.7 Å². The summed E-state index contributed by atoms with van der Waals surface area (Å²) in [5.41, 5.74) is 6.39. The van der Waals surface area contributed by atoms with E-state index >= 15 is 0 Å². The monoisotopic (exact) mass is 410 g/mol. The van der Waals surface area contributed by atoms with Crippen molar-refractivity contribution in [3.63, 3.8) is 0 Å². The first-order valence-electron chi connectivity index (χ1n) is 5.00. The molecule has 1 aromatic carbocycles. The third-order valence-electron chi connectivity index (χ3n) is 2.13. The van der Waals surface area contributed by atoms with Gasteiger partial charge in [-0.1, -0.05) is 23.4 Å². The van der Waals surface area contributed by atoms with E-state index in [1.54, 1.807) is 6.07 Å². The molecule has 1 aromatic heterocycles. The largest absolute Gasteiger partial charge is 0.481 e. The Balaban J connectivity index is 2.46. The van der Waals surface area contributed by atoms with Crippen molar-refractivity contribution in [2.24, 2.45) is 0 Å². The molecule has 0 fully saturated rings.